The van der Waals surface area contributed by atoms with Crippen LogP contribution in [0.5, 0.6) is 5.75 Å². The van der Waals surface area contributed by atoms with Crippen molar-refractivity contribution in [1.82, 2.24) is 0 Å². The van der Waals surface area contributed by atoms with Gasteiger partial charge in [-0.25, -0.2) is 0 Å². The van der Waals surface area contributed by atoms with E-state index in [1.165, 1.54) is 25.3 Å². The number of ether oxygens (including phenoxy) is 1. The first-order valence-corrected chi connectivity index (χ1v) is 6.70. The van der Waals surface area contributed by atoms with Crippen molar-refractivity contribution in [3.05, 3.63) is 62.6 Å². The highest BCUT2D eigenvalue weighted by Crippen LogP contribution is 2.28. The van der Waals surface area contributed by atoms with E-state index in [-0.39, 0.29) is 17.0 Å². The van der Waals surface area contributed by atoms with Crippen LogP contribution in [0.4, 0.5) is 11.4 Å². The fourth-order valence-corrected chi connectivity index (χ4v) is 2.14. The van der Waals surface area contributed by atoms with E-state index in [0.717, 1.165) is 4.47 Å². The standard InChI is InChI=1S/C14H11BrN2O4/c1-21-13-6-5-9(7-12(13)17(19)20)14(18)16-11-4-2-3-10(15)8-11/h2-8H,1H3,(H,16,18). The number of amides is 1. The summed E-state index contributed by atoms with van der Waals surface area (Å²) in [7, 11) is 1.34. The van der Waals surface area contributed by atoms with Gasteiger partial charge >= 0.3 is 5.69 Å². The predicted octanol–water partition coefficient (Wildman–Crippen LogP) is 3.62. The van der Waals surface area contributed by atoms with Crippen LogP contribution >= 0.6 is 15.9 Å². The van der Waals surface area contributed by atoms with Crippen LogP contribution in [0.1, 0.15) is 10.4 Å². The lowest BCUT2D eigenvalue weighted by Crippen LogP contribution is -2.12. The number of methoxy groups -OCH3 is 1. The number of nitrogens with one attached hydrogen (secondary N) is 1. The van der Waals surface area contributed by atoms with Crippen LogP contribution in [0.15, 0.2) is 46.9 Å². The van der Waals surface area contributed by atoms with Crippen molar-refractivity contribution in [2.75, 3.05) is 12.4 Å². The van der Waals surface area contributed by atoms with Crippen LogP contribution in [0, 0.1) is 10.1 Å². The molecule has 0 aliphatic carbocycles. The maximum absolute atomic E-state index is 12.1. The zero-order valence-corrected chi connectivity index (χ0v) is 12.6. The monoisotopic (exact) mass is 350 g/mol. The number of nitro benzene ring substituents is 1. The van der Waals surface area contributed by atoms with Gasteiger partial charge in [0.1, 0.15) is 0 Å². The van der Waals surface area contributed by atoms with Gasteiger partial charge in [-0.1, -0.05) is 22.0 Å². The molecule has 0 aliphatic heterocycles. The van der Waals surface area contributed by atoms with Gasteiger partial charge in [-0.15, -0.1) is 0 Å². The molecule has 0 aromatic heterocycles. The molecule has 1 N–H and O–H groups in total. The summed E-state index contributed by atoms with van der Waals surface area (Å²) in [5, 5.41) is 13.6. The first-order chi connectivity index (χ1) is 10.0. The summed E-state index contributed by atoms with van der Waals surface area (Å²) in [5.41, 5.74) is 0.523. The fraction of sp³-hybridized carbons (Fsp3) is 0.0714. The molecule has 0 fully saturated rings. The highest BCUT2D eigenvalue weighted by Gasteiger charge is 2.18. The van der Waals surface area contributed by atoms with Gasteiger partial charge < -0.3 is 10.1 Å². The molecule has 2 aromatic carbocycles. The van der Waals surface area contributed by atoms with Crippen LogP contribution < -0.4 is 10.1 Å². The third-order valence-electron chi connectivity index (χ3n) is 2.72. The van der Waals surface area contributed by atoms with Gasteiger partial charge in [0.15, 0.2) is 5.75 Å². The van der Waals surface area contributed by atoms with Crippen LogP contribution in [-0.4, -0.2) is 17.9 Å². The third-order valence-corrected chi connectivity index (χ3v) is 3.21. The molecule has 108 valence electrons. The molecule has 0 saturated heterocycles. The summed E-state index contributed by atoms with van der Waals surface area (Å²) in [5.74, 6) is -0.321. The Kier molecular flexibility index (Phi) is 4.54. The van der Waals surface area contributed by atoms with E-state index < -0.39 is 10.8 Å². The number of carbonyl (C=O) groups is 1. The quantitative estimate of drug-likeness (QED) is 0.674. The summed E-state index contributed by atoms with van der Waals surface area (Å²) < 4.78 is 5.72. The maximum atomic E-state index is 12.1. The van der Waals surface area contributed by atoms with Gasteiger partial charge in [0.2, 0.25) is 0 Å². The minimum Gasteiger partial charge on any atom is -0.490 e. The number of carbonyl (C=O) groups excluding carboxylic acids is 1. The Hall–Kier alpha value is -2.41. The molecular formula is C14H11BrN2O4. The molecule has 2 aromatic rings. The minimum absolute atomic E-state index is 0.110. The highest BCUT2D eigenvalue weighted by molar-refractivity contribution is 9.10. The third kappa shape index (κ3) is 3.57. The summed E-state index contributed by atoms with van der Waals surface area (Å²) in [6.07, 6.45) is 0. The maximum Gasteiger partial charge on any atom is 0.311 e. The Balaban J connectivity index is 2.27. The van der Waals surface area contributed by atoms with Crippen molar-refractivity contribution in [2.45, 2.75) is 0 Å². The highest BCUT2D eigenvalue weighted by atomic mass is 79.9. The SMILES string of the molecule is COc1ccc(C(=O)Nc2cccc(Br)c2)cc1[N+](=O)[O-]. The first-order valence-electron chi connectivity index (χ1n) is 5.90. The average molecular weight is 351 g/mol. The van der Waals surface area contributed by atoms with Crippen molar-refractivity contribution < 1.29 is 14.5 Å². The number of hydrogen-bond acceptors (Lipinski definition) is 4. The molecule has 0 radical (unpaired) electrons. The first kappa shape index (κ1) is 15.0. The van der Waals surface area contributed by atoms with Crippen molar-refractivity contribution >= 4 is 33.2 Å². The Morgan fingerprint density at radius 2 is 2.05 bits per heavy atom. The van der Waals surface area contributed by atoms with Gasteiger partial charge in [-0.3, -0.25) is 14.9 Å². The number of hydrogen-bond donors (Lipinski definition) is 1. The zero-order chi connectivity index (χ0) is 15.4. The fourth-order valence-electron chi connectivity index (χ4n) is 1.74. The normalized spacial score (nSPS) is 10.0. The number of benzene rings is 2. The lowest BCUT2D eigenvalue weighted by Gasteiger charge is -2.07. The summed E-state index contributed by atoms with van der Waals surface area (Å²) in [6, 6.07) is 11.1. The predicted molar refractivity (Wildman–Crippen MR) is 81.7 cm³/mol. The molecule has 2 rings (SSSR count). The Labute approximate surface area is 129 Å². The van der Waals surface area contributed by atoms with E-state index in [1.807, 2.05) is 6.07 Å². The molecule has 21 heavy (non-hydrogen) atoms. The minimum atomic E-state index is -0.589. The number of rotatable bonds is 4. The second-order valence-electron chi connectivity index (χ2n) is 4.11. The topological polar surface area (TPSA) is 81.5 Å². The van der Waals surface area contributed by atoms with Gasteiger partial charge in [0.25, 0.3) is 5.91 Å². The summed E-state index contributed by atoms with van der Waals surface area (Å²) in [6.45, 7) is 0. The van der Waals surface area contributed by atoms with Crippen molar-refractivity contribution in [1.29, 1.82) is 0 Å². The smallest absolute Gasteiger partial charge is 0.311 e. The molecular weight excluding hydrogens is 340 g/mol. The Morgan fingerprint density at radius 3 is 2.67 bits per heavy atom. The van der Waals surface area contributed by atoms with Crippen LogP contribution in [0.2, 0.25) is 0 Å². The van der Waals surface area contributed by atoms with Gasteiger partial charge in [-0.2, -0.15) is 0 Å². The summed E-state index contributed by atoms with van der Waals surface area (Å²) >= 11 is 3.30. The lowest BCUT2D eigenvalue weighted by molar-refractivity contribution is -0.385. The molecule has 6 nitrogen and oxygen atoms in total. The van der Waals surface area contributed by atoms with E-state index in [1.54, 1.807) is 18.2 Å². The van der Waals surface area contributed by atoms with E-state index in [0.29, 0.717) is 5.69 Å². The molecule has 0 heterocycles. The molecule has 0 atom stereocenters. The van der Waals surface area contributed by atoms with Crippen molar-refractivity contribution in [3.8, 4) is 5.75 Å². The molecule has 0 saturated carbocycles. The molecule has 0 aliphatic rings. The van der Waals surface area contributed by atoms with Crippen LogP contribution in [0.3, 0.4) is 0 Å². The van der Waals surface area contributed by atoms with Gasteiger partial charge in [0, 0.05) is 21.8 Å². The second kappa shape index (κ2) is 6.36. The van der Waals surface area contributed by atoms with E-state index >= 15 is 0 Å². The molecule has 0 bridgehead atoms. The van der Waals surface area contributed by atoms with E-state index in [9.17, 15) is 14.9 Å². The average Bonchev–Trinajstić information content (AvgIpc) is 2.46. The van der Waals surface area contributed by atoms with E-state index in [4.69, 9.17) is 4.74 Å². The van der Waals surface area contributed by atoms with Crippen molar-refractivity contribution in [2.24, 2.45) is 0 Å². The molecule has 1 amide bonds. The second-order valence-corrected chi connectivity index (χ2v) is 5.02. The van der Waals surface area contributed by atoms with Gasteiger partial charge in [0.05, 0.1) is 12.0 Å². The number of nitro groups is 1. The van der Waals surface area contributed by atoms with Crippen molar-refractivity contribution in [3.63, 3.8) is 0 Å². The number of nitrogens with zero attached hydrogens (tertiary/aromatic N) is 1. The Bertz CT molecular complexity index is 703. The number of anilines is 1. The van der Waals surface area contributed by atoms with Crippen LogP contribution in [0.25, 0.3) is 0 Å². The number of halogens is 1. The Morgan fingerprint density at radius 1 is 1.29 bits per heavy atom. The van der Waals surface area contributed by atoms with Crippen LogP contribution in [-0.2, 0) is 0 Å². The molecule has 7 heteroatoms. The van der Waals surface area contributed by atoms with E-state index in [2.05, 4.69) is 21.2 Å². The van der Waals surface area contributed by atoms with Gasteiger partial charge in [-0.05, 0) is 30.3 Å². The molecule has 0 unspecified atom stereocenters. The summed E-state index contributed by atoms with van der Waals surface area (Å²) in [4.78, 5) is 22.5. The lowest BCUT2D eigenvalue weighted by atomic mass is 10.1. The zero-order valence-electron chi connectivity index (χ0n) is 11.0. The largest absolute Gasteiger partial charge is 0.490 e. The molecule has 0 spiro atoms.